The van der Waals surface area contributed by atoms with E-state index in [1.54, 1.807) is 11.3 Å². The molecular weight excluding hydrogens is 354 g/mol. The molecule has 1 unspecified atom stereocenters. The quantitative estimate of drug-likeness (QED) is 0.509. The first-order chi connectivity index (χ1) is 12.6. The largest absolute Gasteiger partial charge is 0.480 e. The molecule has 3 heterocycles. The Kier molecular flexibility index (Phi) is 3.96. The molecule has 132 valence electrons. The van der Waals surface area contributed by atoms with Crippen molar-refractivity contribution in [3.63, 3.8) is 0 Å². The number of carboxylic acid groups (broad SMARTS) is 1. The summed E-state index contributed by atoms with van der Waals surface area (Å²) < 4.78 is 3.61. The van der Waals surface area contributed by atoms with E-state index in [0.29, 0.717) is 28.6 Å². The van der Waals surface area contributed by atoms with Crippen molar-refractivity contribution in [2.75, 3.05) is 5.73 Å². The first-order valence-corrected chi connectivity index (χ1v) is 8.71. The summed E-state index contributed by atoms with van der Waals surface area (Å²) in [5, 5.41) is 17.3. The van der Waals surface area contributed by atoms with Crippen LogP contribution in [0.4, 0.5) is 5.82 Å². The Morgan fingerprint density at radius 2 is 2.04 bits per heavy atom. The zero-order valence-electron chi connectivity index (χ0n) is 13.8. The van der Waals surface area contributed by atoms with Gasteiger partial charge in [0.15, 0.2) is 16.6 Å². The normalized spacial score (nSPS) is 12.7. The van der Waals surface area contributed by atoms with Crippen LogP contribution in [0, 0.1) is 0 Å². The molecule has 9 nitrogen and oxygen atoms in total. The van der Waals surface area contributed by atoms with E-state index in [1.807, 2.05) is 34.9 Å². The highest BCUT2D eigenvalue weighted by molar-refractivity contribution is 8.00. The first kappa shape index (κ1) is 16.3. The van der Waals surface area contributed by atoms with Gasteiger partial charge in [-0.25, -0.2) is 14.4 Å². The fourth-order valence-corrected chi connectivity index (χ4v) is 3.50. The zero-order chi connectivity index (χ0) is 18.3. The van der Waals surface area contributed by atoms with Gasteiger partial charge in [-0.2, -0.15) is 0 Å². The minimum Gasteiger partial charge on any atom is -0.480 e. The number of benzene rings is 1. The van der Waals surface area contributed by atoms with Crippen LogP contribution in [0.1, 0.15) is 12.5 Å². The Hall–Kier alpha value is -3.14. The van der Waals surface area contributed by atoms with Crippen molar-refractivity contribution in [3.05, 3.63) is 42.2 Å². The number of rotatable bonds is 5. The second-order valence-corrected chi connectivity index (χ2v) is 7.03. The number of aromatic nitrogens is 6. The molecule has 1 aromatic carbocycles. The molecular formula is C16H15N7O2S. The summed E-state index contributed by atoms with van der Waals surface area (Å²) >= 11 is 1.10. The van der Waals surface area contributed by atoms with Gasteiger partial charge in [-0.15, -0.1) is 10.2 Å². The third-order valence-corrected chi connectivity index (χ3v) is 5.01. The summed E-state index contributed by atoms with van der Waals surface area (Å²) in [6.07, 6.45) is 1.40. The Morgan fingerprint density at radius 3 is 2.77 bits per heavy atom. The van der Waals surface area contributed by atoms with Gasteiger partial charge in [0.25, 0.3) is 0 Å². The molecule has 1 atom stereocenters. The maximum absolute atomic E-state index is 11.2. The van der Waals surface area contributed by atoms with Crippen molar-refractivity contribution in [3.8, 4) is 0 Å². The highest BCUT2D eigenvalue weighted by atomic mass is 32.2. The van der Waals surface area contributed by atoms with Crippen molar-refractivity contribution in [2.45, 2.75) is 23.9 Å². The van der Waals surface area contributed by atoms with Crippen LogP contribution in [-0.4, -0.2) is 45.5 Å². The summed E-state index contributed by atoms with van der Waals surface area (Å²) in [4.78, 5) is 19.6. The van der Waals surface area contributed by atoms with Gasteiger partial charge in [-0.3, -0.25) is 9.36 Å². The van der Waals surface area contributed by atoms with Gasteiger partial charge < -0.3 is 10.8 Å². The zero-order valence-corrected chi connectivity index (χ0v) is 14.6. The third kappa shape index (κ3) is 2.64. The number of nitrogens with two attached hydrogens (primary N) is 1. The molecule has 0 fully saturated rings. The maximum atomic E-state index is 11.2. The fraction of sp³-hybridized carbons (Fsp3) is 0.188. The Morgan fingerprint density at radius 1 is 1.27 bits per heavy atom. The van der Waals surface area contributed by atoms with Crippen LogP contribution in [0.5, 0.6) is 0 Å². The summed E-state index contributed by atoms with van der Waals surface area (Å²) in [5.74, 6) is -0.100. The standard InChI is InChI=1S/C16H15N7O2S/c1-9(14(24)25)26-16-21-20-15-22(7-10-5-3-2-4-6-10)13-11(23(15)16)12(17)18-8-19-13/h2-6,8-9H,7H2,1H3,(H,24,25)(H2,17,18,19). The van der Waals surface area contributed by atoms with E-state index in [2.05, 4.69) is 20.2 Å². The number of anilines is 1. The highest BCUT2D eigenvalue weighted by Gasteiger charge is 2.23. The number of aliphatic carboxylic acids is 1. The van der Waals surface area contributed by atoms with Crippen molar-refractivity contribution < 1.29 is 9.90 Å². The number of hydrogen-bond donors (Lipinski definition) is 2. The van der Waals surface area contributed by atoms with Crippen LogP contribution < -0.4 is 5.73 Å². The van der Waals surface area contributed by atoms with Crippen LogP contribution in [0.2, 0.25) is 0 Å². The lowest BCUT2D eigenvalue weighted by atomic mass is 10.2. The van der Waals surface area contributed by atoms with E-state index in [1.165, 1.54) is 6.33 Å². The molecule has 0 spiro atoms. The van der Waals surface area contributed by atoms with Gasteiger partial charge in [0.2, 0.25) is 5.78 Å². The lowest BCUT2D eigenvalue weighted by Crippen LogP contribution is -2.12. The van der Waals surface area contributed by atoms with Gasteiger partial charge in [-0.1, -0.05) is 42.1 Å². The molecule has 3 N–H and O–H groups in total. The predicted octanol–water partition coefficient (Wildman–Crippen LogP) is 1.67. The molecule has 0 amide bonds. The minimum absolute atomic E-state index is 0.288. The Balaban J connectivity index is 1.92. The second-order valence-electron chi connectivity index (χ2n) is 5.72. The molecule has 0 saturated carbocycles. The van der Waals surface area contributed by atoms with E-state index >= 15 is 0 Å². The van der Waals surface area contributed by atoms with Crippen LogP contribution in [0.25, 0.3) is 16.9 Å². The molecule has 4 aromatic rings. The topological polar surface area (TPSA) is 124 Å². The smallest absolute Gasteiger partial charge is 0.316 e. The lowest BCUT2D eigenvalue weighted by molar-refractivity contribution is -0.136. The van der Waals surface area contributed by atoms with Crippen molar-refractivity contribution in [1.29, 1.82) is 0 Å². The number of carboxylic acids is 1. The number of thioether (sulfide) groups is 1. The average molecular weight is 369 g/mol. The monoisotopic (exact) mass is 369 g/mol. The van der Waals surface area contributed by atoms with E-state index in [0.717, 1.165) is 17.3 Å². The minimum atomic E-state index is -0.927. The molecule has 0 aliphatic carbocycles. The maximum Gasteiger partial charge on any atom is 0.316 e. The van der Waals surface area contributed by atoms with E-state index in [4.69, 9.17) is 5.73 Å². The summed E-state index contributed by atoms with van der Waals surface area (Å²) in [7, 11) is 0. The summed E-state index contributed by atoms with van der Waals surface area (Å²) in [5.41, 5.74) is 8.34. The van der Waals surface area contributed by atoms with Crippen LogP contribution >= 0.6 is 11.8 Å². The van der Waals surface area contributed by atoms with Gasteiger partial charge in [0.05, 0.1) is 6.54 Å². The van der Waals surface area contributed by atoms with Gasteiger partial charge in [0, 0.05) is 0 Å². The molecule has 0 aliphatic heterocycles. The third-order valence-electron chi connectivity index (χ3n) is 3.98. The molecule has 0 bridgehead atoms. The highest BCUT2D eigenvalue weighted by Crippen LogP contribution is 2.29. The molecule has 4 rings (SSSR count). The number of hydrogen-bond acceptors (Lipinski definition) is 7. The molecule has 3 aromatic heterocycles. The number of nitrogen functional groups attached to an aromatic ring is 1. The van der Waals surface area contributed by atoms with Crippen LogP contribution in [-0.2, 0) is 11.3 Å². The molecule has 10 heteroatoms. The van der Waals surface area contributed by atoms with Gasteiger partial charge in [-0.05, 0) is 12.5 Å². The molecule has 0 saturated heterocycles. The van der Waals surface area contributed by atoms with Crippen molar-refractivity contribution in [2.24, 2.45) is 0 Å². The fourth-order valence-electron chi connectivity index (χ4n) is 2.72. The SMILES string of the molecule is CC(Sc1nnc2n(Cc3ccccc3)c3ncnc(N)c3n12)C(=O)O. The van der Waals surface area contributed by atoms with E-state index < -0.39 is 11.2 Å². The van der Waals surface area contributed by atoms with E-state index in [9.17, 15) is 9.90 Å². The molecule has 0 aliphatic rings. The van der Waals surface area contributed by atoms with Gasteiger partial charge in [0.1, 0.15) is 17.1 Å². The number of imidazole rings is 1. The van der Waals surface area contributed by atoms with Crippen LogP contribution in [0.15, 0.2) is 41.8 Å². The predicted molar refractivity (Wildman–Crippen MR) is 97.0 cm³/mol. The van der Waals surface area contributed by atoms with Gasteiger partial charge >= 0.3 is 5.97 Å². The molecule has 26 heavy (non-hydrogen) atoms. The second kappa shape index (κ2) is 6.30. The molecule has 0 radical (unpaired) electrons. The summed E-state index contributed by atoms with van der Waals surface area (Å²) in [6.45, 7) is 2.12. The Labute approximate surface area is 151 Å². The van der Waals surface area contributed by atoms with E-state index in [-0.39, 0.29) is 5.82 Å². The first-order valence-electron chi connectivity index (χ1n) is 7.83. The lowest BCUT2D eigenvalue weighted by Gasteiger charge is -2.04. The van der Waals surface area contributed by atoms with Crippen LogP contribution in [0.3, 0.4) is 0 Å². The summed E-state index contributed by atoms with van der Waals surface area (Å²) in [6, 6.07) is 9.88. The number of carbonyl (C=O) groups is 1. The number of fused-ring (bicyclic) bond motifs is 3. The number of nitrogens with zero attached hydrogens (tertiary/aromatic N) is 6. The van der Waals surface area contributed by atoms with Crippen molar-refractivity contribution >= 4 is 40.5 Å². The average Bonchev–Trinajstić information content (AvgIpc) is 3.16. The Bertz CT molecular complexity index is 1110. The van der Waals surface area contributed by atoms with Crippen molar-refractivity contribution in [1.82, 2.24) is 29.1 Å².